The Labute approximate surface area is 92.6 Å². The second-order valence-corrected chi connectivity index (χ2v) is 5.32. The van der Waals surface area contributed by atoms with E-state index in [2.05, 4.69) is 19.9 Å². The minimum atomic E-state index is -0.0242. The normalized spacial score (nSPS) is 35.3. The second-order valence-electron chi connectivity index (χ2n) is 5.32. The van der Waals surface area contributed by atoms with Crippen molar-refractivity contribution in [1.29, 1.82) is 0 Å². The lowest BCUT2D eigenvalue weighted by Gasteiger charge is -2.22. The lowest BCUT2D eigenvalue weighted by molar-refractivity contribution is -0.151. The zero-order valence-electron chi connectivity index (χ0n) is 10.1. The molecule has 0 spiro atoms. The van der Waals surface area contributed by atoms with Crippen LogP contribution in [0, 0.1) is 5.92 Å². The van der Waals surface area contributed by atoms with Gasteiger partial charge in [-0.2, -0.15) is 0 Å². The van der Waals surface area contributed by atoms with Crippen molar-refractivity contribution in [3.63, 3.8) is 0 Å². The number of methoxy groups -OCH3 is 1. The smallest absolute Gasteiger partial charge is 0.164 e. The Morgan fingerprint density at radius 3 is 2.80 bits per heavy atom. The highest BCUT2D eigenvalue weighted by atomic mass is 16.7. The summed E-state index contributed by atoms with van der Waals surface area (Å²) < 4.78 is 11.4. The van der Waals surface area contributed by atoms with Gasteiger partial charge in [0.05, 0.1) is 5.60 Å². The summed E-state index contributed by atoms with van der Waals surface area (Å²) in [4.78, 5) is 0. The van der Waals surface area contributed by atoms with Crippen LogP contribution in [0.25, 0.3) is 0 Å². The Kier molecular flexibility index (Phi) is 3.17. The molecule has 1 fully saturated rings. The van der Waals surface area contributed by atoms with Crippen LogP contribution < -0.4 is 0 Å². The number of rotatable bonds is 2. The van der Waals surface area contributed by atoms with E-state index in [-0.39, 0.29) is 11.9 Å². The minimum absolute atomic E-state index is 0.0238. The van der Waals surface area contributed by atoms with Crippen LogP contribution in [0.2, 0.25) is 0 Å². The highest BCUT2D eigenvalue weighted by Crippen LogP contribution is 2.41. The summed E-state index contributed by atoms with van der Waals surface area (Å²) in [5, 5.41) is 0. The lowest BCUT2D eigenvalue weighted by atomic mass is 9.84. The molecule has 1 aliphatic heterocycles. The molecule has 1 heterocycles. The number of allylic oxidation sites excluding steroid dienone is 1. The van der Waals surface area contributed by atoms with Gasteiger partial charge in [0, 0.05) is 13.0 Å². The molecule has 1 aliphatic carbocycles. The molecule has 2 nitrogen and oxygen atoms in total. The Morgan fingerprint density at radius 2 is 2.20 bits per heavy atom. The van der Waals surface area contributed by atoms with Crippen molar-refractivity contribution in [2.75, 3.05) is 7.11 Å². The fourth-order valence-corrected chi connectivity index (χ4v) is 2.79. The van der Waals surface area contributed by atoms with Gasteiger partial charge >= 0.3 is 0 Å². The van der Waals surface area contributed by atoms with Crippen molar-refractivity contribution in [2.45, 2.75) is 57.8 Å². The van der Waals surface area contributed by atoms with Gasteiger partial charge in [0.1, 0.15) is 0 Å². The van der Waals surface area contributed by atoms with Crippen LogP contribution in [-0.4, -0.2) is 19.0 Å². The van der Waals surface area contributed by atoms with Gasteiger partial charge in [-0.05, 0) is 46.0 Å². The standard InChI is InChI=1S/C13H22O2/c1-13(2)9-11(12(14-3)15-13)10-7-5-4-6-8-10/h7,11-12H,4-6,8-9H2,1-3H3/t11?,12-/m0/s1. The van der Waals surface area contributed by atoms with E-state index in [0.29, 0.717) is 5.92 Å². The van der Waals surface area contributed by atoms with Crippen molar-refractivity contribution in [1.82, 2.24) is 0 Å². The third-order valence-corrected chi connectivity index (χ3v) is 3.51. The average molecular weight is 210 g/mol. The van der Waals surface area contributed by atoms with Crippen LogP contribution in [-0.2, 0) is 9.47 Å². The summed E-state index contributed by atoms with van der Waals surface area (Å²) in [5.74, 6) is 0.491. The van der Waals surface area contributed by atoms with Gasteiger partial charge in [-0.15, -0.1) is 0 Å². The van der Waals surface area contributed by atoms with Crippen molar-refractivity contribution in [2.24, 2.45) is 5.92 Å². The number of hydrogen-bond donors (Lipinski definition) is 0. The van der Waals surface area contributed by atoms with E-state index in [9.17, 15) is 0 Å². The molecule has 15 heavy (non-hydrogen) atoms. The molecule has 2 aliphatic rings. The average Bonchev–Trinajstić information content (AvgIpc) is 2.55. The van der Waals surface area contributed by atoms with E-state index in [1.165, 1.54) is 25.7 Å². The Balaban J connectivity index is 2.10. The molecule has 0 aromatic carbocycles. The molecule has 0 aromatic rings. The van der Waals surface area contributed by atoms with Gasteiger partial charge in [0.25, 0.3) is 0 Å². The summed E-state index contributed by atoms with van der Waals surface area (Å²) >= 11 is 0. The Bertz CT molecular complexity index is 255. The van der Waals surface area contributed by atoms with Crippen molar-refractivity contribution in [3.8, 4) is 0 Å². The van der Waals surface area contributed by atoms with Gasteiger partial charge < -0.3 is 9.47 Å². The first-order valence-corrected chi connectivity index (χ1v) is 6.02. The maximum atomic E-state index is 5.90. The van der Waals surface area contributed by atoms with Gasteiger partial charge in [-0.25, -0.2) is 0 Å². The molecule has 2 heteroatoms. The molecular weight excluding hydrogens is 188 g/mol. The first-order chi connectivity index (χ1) is 7.12. The van der Waals surface area contributed by atoms with E-state index in [1.807, 2.05) is 0 Å². The van der Waals surface area contributed by atoms with Crippen molar-refractivity contribution in [3.05, 3.63) is 11.6 Å². The quantitative estimate of drug-likeness (QED) is 0.651. The molecule has 2 atom stereocenters. The lowest BCUT2D eigenvalue weighted by Crippen LogP contribution is -2.22. The fraction of sp³-hybridized carbons (Fsp3) is 0.846. The maximum Gasteiger partial charge on any atom is 0.164 e. The Morgan fingerprint density at radius 1 is 1.40 bits per heavy atom. The summed E-state index contributed by atoms with van der Waals surface area (Å²) in [6, 6.07) is 0. The monoisotopic (exact) mass is 210 g/mol. The van der Waals surface area contributed by atoms with Crippen LogP contribution in [0.15, 0.2) is 11.6 Å². The van der Waals surface area contributed by atoms with Crippen LogP contribution in [0.4, 0.5) is 0 Å². The zero-order chi connectivity index (χ0) is 10.9. The topological polar surface area (TPSA) is 18.5 Å². The van der Waals surface area contributed by atoms with Gasteiger partial charge in [-0.3, -0.25) is 0 Å². The molecule has 0 aromatic heterocycles. The van der Waals surface area contributed by atoms with Crippen LogP contribution in [0.5, 0.6) is 0 Å². The van der Waals surface area contributed by atoms with Crippen LogP contribution in [0.1, 0.15) is 46.0 Å². The highest BCUT2D eigenvalue weighted by molar-refractivity contribution is 5.13. The first-order valence-electron chi connectivity index (χ1n) is 6.02. The molecule has 0 N–H and O–H groups in total. The van der Waals surface area contributed by atoms with Crippen molar-refractivity contribution < 1.29 is 9.47 Å². The van der Waals surface area contributed by atoms with Crippen LogP contribution >= 0.6 is 0 Å². The van der Waals surface area contributed by atoms with E-state index in [4.69, 9.17) is 9.47 Å². The first kappa shape index (κ1) is 11.2. The molecule has 2 rings (SSSR count). The number of hydrogen-bond acceptors (Lipinski definition) is 2. The molecule has 1 unspecified atom stereocenters. The van der Waals surface area contributed by atoms with E-state index in [1.54, 1.807) is 12.7 Å². The predicted molar refractivity (Wildman–Crippen MR) is 60.6 cm³/mol. The predicted octanol–water partition coefficient (Wildman–Crippen LogP) is 3.27. The third-order valence-electron chi connectivity index (χ3n) is 3.51. The van der Waals surface area contributed by atoms with Gasteiger partial charge in [0.2, 0.25) is 0 Å². The summed E-state index contributed by atoms with van der Waals surface area (Å²) in [6.45, 7) is 4.31. The SMILES string of the molecule is CO[C@H]1OC(C)(C)CC1C1=CCCCC1. The summed E-state index contributed by atoms with van der Waals surface area (Å²) in [6.07, 6.45) is 8.64. The number of ether oxygens (including phenoxy) is 2. The molecular formula is C13H22O2. The van der Waals surface area contributed by atoms with Crippen LogP contribution in [0.3, 0.4) is 0 Å². The maximum absolute atomic E-state index is 5.90. The molecule has 0 saturated carbocycles. The molecule has 0 amide bonds. The summed E-state index contributed by atoms with van der Waals surface area (Å²) in [5.41, 5.74) is 1.54. The van der Waals surface area contributed by atoms with E-state index < -0.39 is 0 Å². The second kappa shape index (κ2) is 4.26. The molecule has 86 valence electrons. The summed E-state index contributed by atoms with van der Waals surface area (Å²) in [7, 11) is 1.75. The zero-order valence-corrected chi connectivity index (χ0v) is 10.1. The van der Waals surface area contributed by atoms with Gasteiger partial charge in [-0.1, -0.05) is 11.6 Å². The minimum Gasteiger partial charge on any atom is -0.355 e. The fourth-order valence-electron chi connectivity index (χ4n) is 2.79. The largest absolute Gasteiger partial charge is 0.355 e. The molecule has 1 saturated heterocycles. The van der Waals surface area contributed by atoms with E-state index in [0.717, 1.165) is 6.42 Å². The van der Waals surface area contributed by atoms with Gasteiger partial charge in [0.15, 0.2) is 6.29 Å². The third kappa shape index (κ3) is 2.43. The molecule has 0 radical (unpaired) electrons. The Hall–Kier alpha value is -0.340. The van der Waals surface area contributed by atoms with Crippen molar-refractivity contribution >= 4 is 0 Å². The molecule has 0 bridgehead atoms. The van der Waals surface area contributed by atoms with E-state index >= 15 is 0 Å². The highest BCUT2D eigenvalue weighted by Gasteiger charge is 2.41.